The van der Waals surface area contributed by atoms with Gasteiger partial charge in [-0.25, -0.2) is 0 Å². The summed E-state index contributed by atoms with van der Waals surface area (Å²) < 4.78 is 0. The second-order valence-electron chi connectivity index (χ2n) is 5.15. The van der Waals surface area contributed by atoms with Crippen LogP contribution < -0.4 is 5.73 Å². The summed E-state index contributed by atoms with van der Waals surface area (Å²) in [5, 5.41) is 0. The standard InChI is InChI=1S/C17H21N/c1-12-5-8-15(9-6-12)17(18)11-16-10-13(2)4-7-14(16)3/h4-10,17H,11,18H2,1-3H3. The highest BCUT2D eigenvalue weighted by atomic mass is 14.6. The first-order valence-electron chi connectivity index (χ1n) is 6.44. The molecule has 0 bridgehead atoms. The molecule has 0 aliphatic carbocycles. The molecule has 1 heteroatoms. The summed E-state index contributed by atoms with van der Waals surface area (Å²) in [6.45, 7) is 6.37. The lowest BCUT2D eigenvalue weighted by Gasteiger charge is -2.14. The number of aryl methyl sites for hydroxylation is 3. The monoisotopic (exact) mass is 239 g/mol. The van der Waals surface area contributed by atoms with Gasteiger partial charge in [-0.15, -0.1) is 0 Å². The third-order valence-corrected chi connectivity index (χ3v) is 3.45. The third kappa shape index (κ3) is 2.99. The number of hydrogen-bond donors (Lipinski definition) is 1. The SMILES string of the molecule is Cc1ccc(C(N)Cc2cc(C)ccc2C)cc1. The summed E-state index contributed by atoms with van der Waals surface area (Å²) in [5.74, 6) is 0. The van der Waals surface area contributed by atoms with Gasteiger partial charge in [-0.1, -0.05) is 53.6 Å². The number of benzene rings is 2. The fourth-order valence-electron chi connectivity index (χ4n) is 2.19. The summed E-state index contributed by atoms with van der Waals surface area (Å²) in [4.78, 5) is 0. The molecule has 0 saturated carbocycles. The van der Waals surface area contributed by atoms with Crippen molar-refractivity contribution in [2.45, 2.75) is 33.2 Å². The zero-order valence-electron chi connectivity index (χ0n) is 11.4. The molecule has 0 saturated heterocycles. The van der Waals surface area contributed by atoms with Gasteiger partial charge in [0.2, 0.25) is 0 Å². The summed E-state index contributed by atoms with van der Waals surface area (Å²) in [7, 11) is 0. The topological polar surface area (TPSA) is 26.0 Å². The molecule has 2 aromatic rings. The van der Waals surface area contributed by atoms with E-state index >= 15 is 0 Å². The van der Waals surface area contributed by atoms with Crippen LogP contribution in [0.15, 0.2) is 42.5 Å². The lowest BCUT2D eigenvalue weighted by molar-refractivity contribution is 0.718. The van der Waals surface area contributed by atoms with E-state index in [0.29, 0.717) is 0 Å². The first-order chi connectivity index (χ1) is 8.56. The Balaban J connectivity index is 2.18. The second kappa shape index (κ2) is 5.36. The van der Waals surface area contributed by atoms with E-state index in [1.807, 2.05) is 0 Å². The normalized spacial score (nSPS) is 12.4. The highest BCUT2D eigenvalue weighted by Gasteiger charge is 2.08. The molecule has 94 valence electrons. The van der Waals surface area contributed by atoms with Crippen LogP contribution >= 0.6 is 0 Å². The summed E-state index contributed by atoms with van der Waals surface area (Å²) >= 11 is 0. The Morgan fingerprint density at radius 2 is 1.50 bits per heavy atom. The first-order valence-corrected chi connectivity index (χ1v) is 6.44. The maximum absolute atomic E-state index is 6.30. The van der Waals surface area contributed by atoms with Crippen molar-refractivity contribution in [2.24, 2.45) is 5.73 Å². The predicted octanol–water partition coefficient (Wildman–Crippen LogP) is 3.85. The maximum Gasteiger partial charge on any atom is 0.0335 e. The molecule has 18 heavy (non-hydrogen) atoms. The maximum atomic E-state index is 6.30. The molecule has 0 radical (unpaired) electrons. The van der Waals surface area contributed by atoms with Crippen molar-refractivity contribution < 1.29 is 0 Å². The van der Waals surface area contributed by atoms with E-state index in [9.17, 15) is 0 Å². The summed E-state index contributed by atoms with van der Waals surface area (Å²) in [6.07, 6.45) is 0.899. The Morgan fingerprint density at radius 3 is 2.17 bits per heavy atom. The fraction of sp³-hybridized carbons (Fsp3) is 0.294. The zero-order valence-corrected chi connectivity index (χ0v) is 11.4. The van der Waals surface area contributed by atoms with Crippen LogP contribution in [0, 0.1) is 20.8 Å². The average Bonchev–Trinajstić information content (AvgIpc) is 2.34. The van der Waals surface area contributed by atoms with Crippen molar-refractivity contribution in [3.63, 3.8) is 0 Å². The molecule has 1 atom stereocenters. The molecule has 2 rings (SSSR count). The van der Waals surface area contributed by atoms with Gasteiger partial charge in [0.1, 0.15) is 0 Å². The van der Waals surface area contributed by atoms with Crippen LogP contribution in [0.1, 0.15) is 33.9 Å². The van der Waals surface area contributed by atoms with E-state index in [1.54, 1.807) is 0 Å². The summed E-state index contributed by atoms with van der Waals surface area (Å²) in [5.41, 5.74) is 12.8. The molecule has 2 N–H and O–H groups in total. The Bertz CT molecular complexity index is 526. The van der Waals surface area contributed by atoms with Crippen molar-refractivity contribution in [2.75, 3.05) is 0 Å². The van der Waals surface area contributed by atoms with Crippen LogP contribution in [0.2, 0.25) is 0 Å². The van der Waals surface area contributed by atoms with Crippen LogP contribution in [-0.2, 0) is 6.42 Å². The van der Waals surface area contributed by atoms with Crippen molar-refractivity contribution in [3.05, 3.63) is 70.3 Å². The first kappa shape index (κ1) is 12.8. The molecule has 0 aliphatic rings. The van der Waals surface area contributed by atoms with Crippen molar-refractivity contribution in [1.82, 2.24) is 0 Å². The highest BCUT2D eigenvalue weighted by Crippen LogP contribution is 2.20. The molecule has 2 aromatic carbocycles. The van der Waals surface area contributed by atoms with Crippen molar-refractivity contribution in [3.8, 4) is 0 Å². The quantitative estimate of drug-likeness (QED) is 0.865. The third-order valence-electron chi connectivity index (χ3n) is 3.45. The van der Waals surface area contributed by atoms with E-state index in [1.165, 1.54) is 27.8 Å². The van der Waals surface area contributed by atoms with Crippen LogP contribution in [-0.4, -0.2) is 0 Å². The minimum absolute atomic E-state index is 0.0751. The van der Waals surface area contributed by atoms with E-state index in [4.69, 9.17) is 5.73 Å². The predicted molar refractivity (Wildman–Crippen MR) is 77.7 cm³/mol. The lowest BCUT2D eigenvalue weighted by Crippen LogP contribution is -2.14. The van der Waals surface area contributed by atoms with Gasteiger partial charge < -0.3 is 5.73 Å². The fourth-order valence-corrected chi connectivity index (χ4v) is 2.19. The second-order valence-corrected chi connectivity index (χ2v) is 5.15. The van der Waals surface area contributed by atoms with Crippen molar-refractivity contribution in [1.29, 1.82) is 0 Å². The Morgan fingerprint density at radius 1 is 0.889 bits per heavy atom. The van der Waals surface area contributed by atoms with Gasteiger partial charge in [0.25, 0.3) is 0 Å². The minimum Gasteiger partial charge on any atom is -0.324 e. The van der Waals surface area contributed by atoms with E-state index in [0.717, 1.165) is 6.42 Å². The van der Waals surface area contributed by atoms with Gasteiger partial charge in [0, 0.05) is 6.04 Å². The molecule has 0 heterocycles. The molecule has 0 amide bonds. The van der Waals surface area contributed by atoms with Gasteiger partial charge in [-0.05, 0) is 43.9 Å². The lowest BCUT2D eigenvalue weighted by atomic mass is 9.95. The number of hydrogen-bond acceptors (Lipinski definition) is 1. The van der Waals surface area contributed by atoms with Gasteiger partial charge in [0.15, 0.2) is 0 Å². The molecule has 0 aromatic heterocycles. The largest absolute Gasteiger partial charge is 0.324 e. The van der Waals surface area contributed by atoms with Gasteiger partial charge in [-0.2, -0.15) is 0 Å². The molecule has 0 aliphatic heterocycles. The number of rotatable bonds is 3. The van der Waals surface area contributed by atoms with E-state index in [2.05, 4.69) is 63.2 Å². The zero-order chi connectivity index (χ0) is 13.1. The molecule has 0 spiro atoms. The van der Waals surface area contributed by atoms with Gasteiger partial charge in [0.05, 0.1) is 0 Å². The minimum atomic E-state index is 0.0751. The van der Waals surface area contributed by atoms with Crippen molar-refractivity contribution >= 4 is 0 Å². The Hall–Kier alpha value is -1.60. The van der Waals surface area contributed by atoms with Crippen LogP contribution in [0.25, 0.3) is 0 Å². The van der Waals surface area contributed by atoms with E-state index < -0.39 is 0 Å². The molecule has 1 nitrogen and oxygen atoms in total. The Labute approximate surface area is 110 Å². The van der Waals surface area contributed by atoms with E-state index in [-0.39, 0.29) is 6.04 Å². The van der Waals surface area contributed by atoms with Gasteiger partial charge in [-0.3, -0.25) is 0 Å². The van der Waals surface area contributed by atoms with Gasteiger partial charge >= 0.3 is 0 Å². The van der Waals surface area contributed by atoms with Crippen LogP contribution in [0.5, 0.6) is 0 Å². The summed E-state index contributed by atoms with van der Waals surface area (Å²) in [6, 6.07) is 15.1. The molecule has 0 fully saturated rings. The Kier molecular flexibility index (Phi) is 3.83. The van der Waals surface area contributed by atoms with Crippen LogP contribution in [0.3, 0.4) is 0 Å². The smallest absolute Gasteiger partial charge is 0.0335 e. The van der Waals surface area contributed by atoms with Crippen LogP contribution in [0.4, 0.5) is 0 Å². The highest BCUT2D eigenvalue weighted by molar-refractivity contribution is 5.33. The molecular weight excluding hydrogens is 218 g/mol. The number of nitrogens with two attached hydrogens (primary N) is 1. The molecular formula is C17H21N. The molecule has 1 unspecified atom stereocenters. The average molecular weight is 239 g/mol.